The van der Waals surface area contributed by atoms with Crippen LogP contribution in [0.5, 0.6) is 5.75 Å². The number of azide groups is 1. The number of rotatable bonds is 6. The van der Waals surface area contributed by atoms with E-state index >= 15 is 0 Å². The predicted octanol–water partition coefficient (Wildman–Crippen LogP) is 1.89. The molecule has 0 aromatic heterocycles. The minimum atomic E-state index is -1.18. The number of aliphatic hydroxyl groups excluding tert-OH is 1. The van der Waals surface area contributed by atoms with E-state index in [1.165, 1.54) is 26.0 Å². The summed E-state index contributed by atoms with van der Waals surface area (Å²) in [6.07, 6.45) is -1.18. The molecule has 0 radical (unpaired) electrons. The fourth-order valence-corrected chi connectivity index (χ4v) is 1.61. The topological polar surface area (TPSA) is 122 Å². The molecule has 0 spiro atoms. The molecule has 0 aliphatic heterocycles. The van der Waals surface area contributed by atoms with Crippen LogP contribution in [0.3, 0.4) is 0 Å². The highest BCUT2D eigenvalue weighted by atomic mass is 16.5. The van der Waals surface area contributed by atoms with Gasteiger partial charge in [0.1, 0.15) is 18.5 Å². The highest BCUT2D eigenvalue weighted by Crippen LogP contribution is 2.24. The van der Waals surface area contributed by atoms with Crippen molar-refractivity contribution in [3.8, 4) is 5.75 Å². The third-order valence-corrected chi connectivity index (χ3v) is 2.48. The molecule has 0 aliphatic carbocycles. The van der Waals surface area contributed by atoms with Gasteiger partial charge in [0.2, 0.25) is 0 Å². The van der Waals surface area contributed by atoms with Crippen LogP contribution in [-0.2, 0) is 14.3 Å². The summed E-state index contributed by atoms with van der Waals surface area (Å²) in [5, 5.41) is 13.4. The Morgan fingerprint density at radius 2 is 1.90 bits per heavy atom. The predicted molar refractivity (Wildman–Crippen MR) is 72.3 cm³/mol. The Morgan fingerprint density at radius 1 is 1.29 bits per heavy atom. The van der Waals surface area contributed by atoms with Crippen molar-refractivity contribution in [2.75, 3.05) is 6.61 Å². The average Bonchev–Trinajstić information content (AvgIpc) is 2.42. The lowest BCUT2D eigenvalue weighted by atomic mass is 10.0. The van der Waals surface area contributed by atoms with E-state index in [1.807, 2.05) is 0 Å². The first-order valence-corrected chi connectivity index (χ1v) is 6.08. The largest absolute Gasteiger partial charge is 0.463 e. The molecule has 0 fully saturated rings. The van der Waals surface area contributed by atoms with Crippen LogP contribution in [0.15, 0.2) is 29.4 Å². The van der Waals surface area contributed by atoms with E-state index in [4.69, 9.17) is 10.3 Å². The first-order chi connectivity index (χ1) is 9.93. The Kier molecular flexibility index (Phi) is 6.19. The first kappa shape index (κ1) is 16.5. The summed E-state index contributed by atoms with van der Waals surface area (Å²) < 4.78 is 9.56. The molecule has 0 unspecified atom stereocenters. The van der Waals surface area contributed by atoms with E-state index in [-0.39, 0.29) is 6.61 Å². The first-order valence-electron chi connectivity index (χ1n) is 6.08. The molecule has 0 amide bonds. The second-order valence-corrected chi connectivity index (χ2v) is 4.18. The van der Waals surface area contributed by atoms with Crippen LogP contribution in [0.2, 0.25) is 0 Å². The number of ether oxygens (including phenoxy) is 2. The van der Waals surface area contributed by atoms with Crippen LogP contribution in [0.1, 0.15) is 25.5 Å². The van der Waals surface area contributed by atoms with Gasteiger partial charge in [0.05, 0.1) is 6.04 Å². The Hall–Kier alpha value is -2.57. The van der Waals surface area contributed by atoms with Gasteiger partial charge >= 0.3 is 11.9 Å². The summed E-state index contributed by atoms with van der Waals surface area (Å²) in [7, 11) is 0. The van der Waals surface area contributed by atoms with Crippen molar-refractivity contribution in [3.05, 3.63) is 40.3 Å². The quantitative estimate of drug-likeness (QED) is 0.282. The highest BCUT2D eigenvalue weighted by molar-refractivity contribution is 5.69. The van der Waals surface area contributed by atoms with Crippen molar-refractivity contribution in [2.45, 2.75) is 26.0 Å². The Morgan fingerprint density at radius 3 is 2.38 bits per heavy atom. The van der Waals surface area contributed by atoms with Gasteiger partial charge in [-0.3, -0.25) is 9.59 Å². The molecule has 0 heterocycles. The molecule has 0 saturated heterocycles. The Balaban J connectivity index is 2.87. The molecule has 112 valence electrons. The fraction of sp³-hybridized carbons (Fsp3) is 0.385. The van der Waals surface area contributed by atoms with Gasteiger partial charge < -0.3 is 14.6 Å². The summed E-state index contributed by atoms with van der Waals surface area (Å²) >= 11 is 0. The molecule has 1 aromatic carbocycles. The van der Waals surface area contributed by atoms with Crippen LogP contribution in [0.4, 0.5) is 0 Å². The van der Waals surface area contributed by atoms with Gasteiger partial charge in [0.15, 0.2) is 0 Å². The zero-order chi connectivity index (χ0) is 15.8. The normalized spacial score (nSPS) is 12.7. The van der Waals surface area contributed by atoms with Crippen molar-refractivity contribution < 1.29 is 24.2 Å². The fourth-order valence-electron chi connectivity index (χ4n) is 1.61. The van der Waals surface area contributed by atoms with Crippen LogP contribution in [0.25, 0.3) is 10.4 Å². The number of carbonyl (C=O) groups is 2. The molecule has 0 bridgehead atoms. The number of hydrogen-bond acceptors (Lipinski definition) is 6. The number of aliphatic hydroxyl groups is 1. The monoisotopic (exact) mass is 293 g/mol. The maximum Gasteiger partial charge on any atom is 0.308 e. The van der Waals surface area contributed by atoms with Gasteiger partial charge in [0.25, 0.3) is 0 Å². The van der Waals surface area contributed by atoms with E-state index in [0.29, 0.717) is 11.3 Å². The van der Waals surface area contributed by atoms with Crippen LogP contribution in [0, 0.1) is 0 Å². The van der Waals surface area contributed by atoms with E-state index in [2.05, 4.69) is 14.8 Å². The molecule has 8 nitrogen and oxygen atoms in total. The van der Waals surface area contributed by atoms with Crippen molar-refractivity contribution >= 4 is 11.9 Å². The standard InChI is InChI=1S/C13H15N3O5/c1-8(17)20-7-12(19)13(15-16-14)10-3-5-11(6-4-10)21-9(2)18/h3-6,12-13,19H,7H2,1-2H3/t12-,13+/m0/s1. The van der Waals surface area contributed by atoms with E-state index in [0.717, 1.165) is 0 Å². The lowest BCUT2D eigenvalue weighted by Crippen LogP contribution is -2.24. The summed E-state index contributed by atoms with van der Waals surface area (Å²) in [6.45, 7) is 2.20. The van der Waals surface area contributed by atoms with Gasteiger partial charge in [-0.1, -0.05) is 17.2 Å². The van der Waals surface area contributed by atoms with Gasteiger partial charge in [0, 0.05) is 18.8 Å². The van der Waals surface area contributed by atoms with Crippen molar-refractivity contribution in [1.29, 1.82) is 0 Å². The third kappa shape index (κ3) is 5.52. The zero-order valence-electron chi connectivity index (χ0n) is 11.6. The minimum absolute atomic E-state index is 0.287. The molecule has 21 heavy (non-hydrogen) atoms. The SMILES string of the molecule is CC(=O)OC[C@H](O)[C@H](N=[N+]=[N-])c1ccc(OC(C)=O)cc1. The van der Waals surface area contributed by atoms with Gasteiger partial charge in [-0.15, -0.1) is 0 Å². The van der Waals surface area contributed by atoms with E-state index in [9.17, 15) is 14.7 Å². The molecular formula is C13H15N3O5. The summed E-state index contributed by atoms with van der Waals surface area (Å²) in [6, 6.07) is 5.20. The van der Waals surface area contributed by atoms with Crippen molar-refractivity contribution in [1.82, 2.24) is 0 Å². The zero-order valence-corrected chi connectivity index (χ0v) is 11.6. The molecule has 2 atom stereocenters. The summed E-state index contributed by atoms with van der Waals surface area (Å²) in [4.78, 5) is 24.2. The average molecular weight is 293 g/mol. The lowest BCUT2D eigenvalue weighted by Gasteiger charge is -2.18. The van der Waals surface area contributed by atoms with E-state index in [1.54, 1.807) is 12.1 Å². The second kappa shape index (κ2) is 7.88. The summed E-state index contributed by atoms with van der Waals surface area (Å²) in [5.74, 6) is -0.663. The number of esters is 2. The molecule has 1 rings (SSSR count). The smallest absolute Gasteiger partial charge is 0.308 e. The second-order valence-electron chi connectivity index (χ2n) is 4.18. The molecule has 8 heteroatoms. The van der Waals surface area contributed by atoms with Crippen LogP contribution < -0.4 is 4.74 Å². The molecular weight excluding hydrogens is 278 g/mol. The van der Waals surface area contributed by atoms with E-state index < -0.39 is 24.1 Å². The number of hydrogen-bond donors (Lipinski definition) is 1. The molecule has 0 aliphatic rings. The third-order valence-electron chi connectivity index (χ3n) is 2.48. The van der Waals surface area contributed by atoms with Gasteiger partial charge in [-0.05, 0) is 23.2 Å². The molecule has 1 aromatic rings. The molecule has 1 N–H and O–H groups in total. The lowest BCUT2D eigenvalue weighted by molar-refractivity contribution is -0.144. The van der Waals surface area contributed by atoms with Crippen LogP contribution in [-0.4, -0.2) is 29.8 Å². The number of carbonyl (C=O) groups excluding carboxylic acids is 2. The maximum atomic E-state index is 10.8. The minimum Gasteiger partial charge on any atom is -0.463 e. The van der Waals surface area contributed by atoms with Gasteiger partial charge in [-0.25, -0.2) is 0 Å². The molecule has 0 saturated carbocycles. The van der Waals surface area contributed by atoms with Gasteiger partial charge in [-0.2, -0.15) is 0 Å². The number of nitrogens with zero attached hydrogens (tertiary/aromatic N) is 3. The summed E-state index contributed by atoms with van der Waals surface area (Å²) in [5.41, 5.74) is 9.07. The highest BCUT2D eigenvalue weighted by Gasteiger charge is 2.21. The Bertz CT molecular complexity index is 551. The van der Waals surface area contributed by atoms with Crippen molar-refractivity contribution in [2.24, 2.45) is 5.11 Å². The van der Waals surface area contributed by atoms with Crippen molar-refractivity contribution in [3.63, 3.8) is 0 Å². The Labute approximate surface area is 120 Å². The van der Waals surface area contributed by atoms with Crippen LogP contribution >= 0.6 is 0 Å². The number of benzene rings is 1. The maximum absolute atomic E-state index is 10.8.